The number of hydrogen-bond donors (Lipinski definition) is 2. The summed E-state index contributed by atoms with van der Waals surface area (Å²) in [5.74, 6) is 0.414. The molecular formula is C25H28N4O3. The average Bonchev–Trinajstić information content (AvgIpc) is 3.43. The summed E-state index contributed by atoms with van der Waals surface area (Å²) in [5.41, 5.74) is 4.20. The van der Waals surface area contributed by atoms with Crippen LogP contribution in [0.1, 0.15) is 44.2 Å². The molecule has 0 bridgehead atoms. The SMILES string of the molecule is CC(C)(C)OC(=O)n1cc(CN2CCC(c3ccc4[nH]c(=O)[nH]c4c3)C2)c2ccccc21. The minimum absolute atomic E-state index is 0.174. The minimum Gasteiger partial charge on any atom is -0.443 e. The van der Waals surface area contributed by atoms with E-state index in [9.17, 15) is 9.59 Å². The summed E-state index contributed by atoms with van der Waals surface area (Å²) in [6, 6.07) is 14.1. The van der Waals surface area contributed by atoms with Gasteiger partial charge in [-0.25, -0.2) is 9.59 Å². The average molecular weight is 433 g/mol. The number of H-pyrrole nitrogens is 2. The van der Waals surface area contributed by atoms with Crippen molar-refractivity contribution in [2.75, 3.05) is 13.1 Å². The number of hydrogen-bond acceptors (Lipinski definition) is 4. The van der Waals surface area contributed by atoms with Crippen molar-refractivity contribution in [2.45, 2.75) is 45.3 Å². The summed E-state index contributed by atoms with van der Waals surface area (Å²) >= 11 is 0. The molecule has 0 spiro atoms. The topological polar surface area (TPSA) is 83.1 Å². The molecule has 1 aliphatic heterocycles. The lowest BCUT2D eigenvalue weighted by Crippen LogP contribution is -2.26. The Bertz CT molecular complexity index is 1360. The van der Waals surface area contributed by atoms with Gasteiger partial charge in [-0.2, -0.15) is 0 Å². The number of imidazole rings is 1. The summed E-state index contributed by atoms with van der Waals surface area (Å²) in [6.07, 6.45) is 2.63. The van der Waals surface area contributed by atoms with Crippen molar-refractivity contribution < 1.29 is 9.53 Å². The van der Waals surface area contributed by atoms with Gasteiger partial charge in [-0.1, -0.05) is 24.3 Å². The Balaban J connectivity index is 1.36. The Morgan fingerprint density at radius 3 is 2.72 bits per heavy atom. The minimum atomic E-state index is -0.546. The molecule has 2 aromatic carbocycles. The summed E-state index contributed by atoms with van der Waals surface area (Å²) in [7, 11) is 0. The zero-order valence-corrected chi connectivity index (χ0v) is 18.6. The second kappa shape index (κ2) is 7.67. The van der Waals surface area contributed by atoms with E-state index in [4.69, 9.17) is 4.74 Å². The molecular weight excluding hydrogens is 404 g/mol. The lowest BCUT2D eigenvalue weighted by molar-refractivity contribution is 0.0544. The number of rotatable bonds is 3. The van der Waals surface area contributed by atoms with Gasteiger partial charge in [0.25, 0.3) is 0 Å². The van der Waals surface area contributed by atoms with Gasteiger partial charge in [0.1, 0.15) is 5.60 Å². The fraction of sp³-hybridized carbons (Fsp3) is 0.360. The Morgan fingerprint density at radius 1 is 1.12 bits per heavy atom. The van der Waals surface area contributed by atoms with Gasteiger partial charge in [0, 0.05) is 24.7 Å². The van der Waals surface area contributed by atoms with Crippen LogP contribution >= 0.6 is 0 Å². The molecule has 166 valence electrons. The van der Waals surface area contributed by atoms with Crippen LogP contribution in [0.2, 0.25) is 0 Å². The highest BCUT2D eigenvalue weighted by Crippen LogP contribution is 2.31. The Kier molecular flexibility index (Phi) is 4.93. The van der Waals surface area contributed by atoms with Gasteiger partial charge in [0.2, 0.25) is 0 Å². The van der Waals surface area contributed by atoms with Crippen molar-refractivity contribution in [3.05, 3.63) is 70.3 Å². The van der Waals surface area contributed by atoms with Crippen molar-refractivity contribution in [3.63, 3.8) is 0 Å². The maximum atomic E-state index is 12.8. The molecule has 1 aliphatic rings. The van der Waals surface area contributed by atoms with Crippen molar-refractivity contribution >= 4 is 28.0 Å². The molecule has 1 atom stereocenters. The first-order valence-corrected chi connectivity index (χ1v) is 11.0. The van der Waals surface area contributed by atoms with E-state index in [0.717, 1.165) is 53.6 Å². The van der Waals surface area contributed by atoms with E-state index in [0.29, 0.717) is 5.92 Å². The normalized spacial score (nSPS) is 17.4. The molecule has 32 heavy (non-hydrogen) atoms. The molecule has 4 aromatic rings. The van der Waals surface area contributed by atoms with E-state index in [2.05, 4.69) is 33.1 Å². The first-order chi connectivity index (χ1) is 15.3. The fourth-order valence-electron chi connectivity index (χ4n) is 4.63. The van der Waals surface area contributed by atoms with E-state index >= 15 is 0 Å². The monoisotopic (exact) mass is 432 g/mol. The summed E-state index contributed by atoms with van der Waals surface area (Å²) in [4.78, 5) is 32.4. The number of aromatic nitrogens is 3. The number of nitrogens with zero attached hydrogens (tertiary/aromatic N) is 2. The van der Waals surface area contributed by atoms with Gasteiger partial charge >= 0.3 is 11.8 Å². The lowest BCUT2D eigenvalue weighted by Gasteiger charge is -2.19. The number of nitrogens with one attached hydrogen (secondary N) is 2. The van der Waals surface area contributed by atoms with Crippen LogP contribution in [0.15, 0.2) is 53.5 Å². The molecule has 0 radical (unpaired) electrons. The van der Waals surface area contributed by atoms with Gasteiger partial charge in [-0.3, -0.25) is 9.47 Å². The molecule has 1 saturated heterocycles. The van der Waals surface area contributed by atoms with Crippen LogP contribution < -0.4 is 5.69 Å². The molecule has 1 unspecified atom stereocenters. The van der Waals surface area contributed by atoms with Crippen molar-refractivity contribution in [1.82, 2.24) is 19.4 Å². The molecule has 5 rings (SSSR count). The van der Waals surface area contributed by atoms with Crippen LogP contribution in [0, 0.1) is 0 Å². The Labute approximate surface area is 186 Å². The van der Waals surface area contributed by atoms with E-state index < -0.39 is 5.60 Å². The number of ether oxygens (including phenoxy) is 1. The Morgan fingerprint density at radius 2 is 1.91 bits per heavy atom. The number of benzene rings is 2. The van der Waals surface area contributed by atoms with Gasteiger partial charge in [0.15, 0.2) is 0 Å². The van der Waals surface area contributed by atoms with E-state index in [1.165, 1.54) is 5.56 Å². The van der Waals surface area contributed by atoms with Crippen molar-refractivity contribution in [1.29, 1.82) is 0 Å². The van der Waals surface area contributed by atoms with Crippen molar-refractivity contribution in [2.24, 2.45) is 0 Å². The van der Waals surface area contributed by atoms with Gasteiger partial charge in [-0.05, 0) is 69.0 Å². The highest BCUT2D eigenvalue weighted by molar-refractivity contribution is 5.92. The van der Waals surface area contributed by atoms with Crippen LogP contribution in [0.4, 0.5) is 4.79 Å². The molecule has 3 heterocycles. The third-order valence-corrected chi connectivity index (χ3v) is 6.06. The fourth-order valence-corrected chi connectivity index (χ4v) is 4.63. The smallest absolute Gasteiger partial charge is 0.419 e. The van der Waals surface area contributed by atoms with Crippen LogP contribution in [0.25, 0.3) is 21.9 Å². The number of fused-ring (bicyclic) bond motifs is 2. The molecule has 2 aromatic heterocycles. The molecule has 0 aliphatic carbocycles. The third-order valence-electron chi connectivity index (χ3n) is 6.06. The van der Waals surface area contributed by atoms with E-state index in [-0.39, 0.29) is 11.8 Å². The molecule has 0 amide bonds. The zero-order valence-electron chi connectivity index (χ0n) is 18.6. The maximum absolute atomic E-state index is 12.8. The molecule has 7 nitrogen and oxygen atoms in total. The first-order valence-electron chi connectivity index (χ1n) is 11.0. The first kappa shape index (κ1) is 20.6. The molecule has 0 saturated carbocycles. The third kappa shape index (κ3) is 3.96. The summed E-state index contributed by atoms with van der Waals surface area (Å²) in [5, 5.41) is 1.08. The maximum Gasteiger partial charge on any atom is 0.419 e. The Hall–Kier alpha value is -3.32. The van der Waals surface area contributed by atoms with Crippen LogP contribution in [-0.2, 0) is 11.3 Å². The number of aromatic amines is 2. The largest absolute Gasteiger partial charge is 0.443 e. The number of carbonyl (C=O) groups excluding carboxylic acids is 1. The predicted molar refractivity (Wildman–Crippen MR) is 125 cm³/mol. The molecule has 1 fully saturated rings. The zero-order chi connectivity index (χ0) is 22.5. The highest BCUT2D eigenvalue weighted by atomic mass is 16.6. The van der Waals surface area contributed by atoms with Gasteiger partial charge in [0.05, 0.1) is 16.6 Å². The quantitative estimate of drug-likeness (QED) is 0.496. The van der Waals surface area contributed by atoms with Crippen LogP contribution in [0.3, 0.4) is 0 Å². The highest BCUT2D eigenvalue weighted by Gasteiger charge is 2.26. The molecule has 2 N–H and O–H groups in total. The van der Waals surface area contributed by atoms with Crippen LogP contribution in [-0.4, -0.2) is 44.2 Å². The number of carbonyl (C=O) groups is 1. The summed E-state index contributed by atoms with van der Waals surface area (Å²) in [6.45, 7) is 8.33. The second-order valence-corrected chi connectivity index (χ2v) is 9.63. The molecule has 7 heteroatoms. The van der Waals surface area contributed by atoms with Crippen LogP contribution in [0.5, 0.6) is 0 Å². The van der Waals surface area contributed by atoms with Gasteiger partial charge in [-0.15, -0.1) is 0 Å². The number of para-hydroxylation sites is 1. The van der Waals surface area contributed by atoms with E-state index in [1.807, 2.05) is 51.2 Å². The predicted octanol–water partition coefficient (Wildman–Crippen LogP) is 4.58. The summed E-state index contributed by atoms with van der Waals surface area (Å²) < 4.78 is 7.23. The lowest BCUT2D eigenvalue weighted by atomic mass is 9.98. The second-order valence-electron chi connectivity index (χ2n) is 9.63. The number of likely N-dealkylation sites (tertiary alicyclic amines) is 1. The van der Waals surface area contributed by atoms with E-state index in [1.54, 1.807) is 4.57 Å². The van der Waals surface area contributed by atoms with Gasteiger partial charge < -0.3 is 14.7 Å². The standard InChI is InChI=1S/C25H28N4O3/c1-25(2,3)32-24(31)29-15-18(19-6-4-5-7-22(19)29)14-28-11-10-17(13-28)16-8-9-20-21(12-16)27-23(30)26-20/h4-9,12,15,17H,10-11,13-14H2,1-3H3,(H2,26,27,30). The van der Waals surface area contributed by atoms with Crippen molar-refractivity contribution in [3.8, 4) is 0 Å².